The number of hydrogen-bond donors (Lipinski definition) is 2. The van der Waals surface area contributed by atoms with Gasteiger partial charge in [-0.1, -0.05) is 12.1 Å². The van der Waals surface area contributed by atoms with Gasteiger partial charge in [-0.05, 0) is 61.5 Å². The Morgan fingerprint density at radius 3 is 2.53 bits per heavy atom. The van der Waals surface area contributed by atoms with Gasteiger partial charge in [-0.2, -0.15) is 0 Å². The fourth-order valence-electron chi connectivity index (χ4n) is 5.12. The van der Waals surface area contributed by atoms with Crippen molar-refractivity contribution in [3.8, 4) is 5.75 Å². The van der Waals surface area contributed by atoms with Crippen LogP contribution < -0.4 is 15.4 Å². The summed E-state index contributed by atoms with van der Waals surface area (Å²) in [6, 6.07) is 15.1. The Balaban J connectivity index is 1.42. The standard InChI is InChI=1S/C24H30N4O2/c1-27-11-13-28(14-12-27)24(29)17-5-8-21-20(15-17)23-19(9-10-25-23)22(26-21)16-3-6-18(30-2)7-4-16/h3-8,15,19,22-23,25-26H,9-14H2,1-2H3/t19-,22?,23-/m0/s1. The van der Waals surface area contributed by atoms with Crippen molar-refractivity contribution in [3.63, 3.8) is 0 Å². The van der Waals surface area contributed by atoms with Crippen LogP contribution in [0.25, 0.3) is 0 Å². The molecule has 2 saturated heterocycles. The van der Waals surface area contributed by atoms with E-state index in [1.165, 1.54) is 11.1 Å². The molecule has 2 fully saturated rings. The number of methoxy groups -OCH3 is 1. The average Bonchev–Trinajstić information content (AvgIpc) is 3.29. The lowest BCUT2D eigenvalue weighted by Gasteiger charge is -2.38. The number of hydrogen-bond acceptors (Lipinski definition) is 5. The van der Waals surface area contributed by atoms with Crippen LogP contribution in [0, 0.1) is 5.92 Å². The number of ether oxygens (including phenoxy) is 1. The van der Waals surface area contributed by atoms with E-state index in [-0.39, 0.29) is 18.0 Å². The number of nitrogens with zero attached hydrogens (tertiary/aromatic N) is 2. The molecule has 6 heteroatoms. The van der Waals surface area contributed by atoms with Crippen LogP contribution in [0.1, 0.15) is 40.0 Å². The molecule has 0 spiro atoms. The van der Waals surface area contributed by atoms with Crippen LogP contribution in [0.5, 0.6) is 5.75 Å². The minimum atomic E-state index is 0.151. The summed E-state index contributed by atoms with van der Waals surface area (Å²) in [4.78, 5) is 17.3. The first-order valence-corrected chi connectivity index (χ1v) is 10.9. The molecule has 0 aliphatic carbocycles. The van der Waals surface area contributed by atoms with Gasteiger partial charge >= 0.3 is 0 Å². The number of rotatable bonds is 3. The molecule has 3 atom stereocenters. The van der Waals surface area contributed by atoms with Crippen molar-refractivity contribution in [2.24, 2.45) is 5.92 Å². The first-order chi connectivity index (χ1) is 14.6. The van der Waals surface area contributed by atoms with Crippen LogP contribution in [0.2, 0.25) is 0 Å². The first-order valence-electron chi connectivity index (χ1n) is 10.9. The Morgan fingerprint density at radius 2 is 1.80 bits per heavy atom. The molecule has 3 aliphatic heterocycles. The minimum absolute atomic E-state index is 0.151. The van der Waals surface area contributed by atoms with Crippen molar-refractivity contribution < 1.29 is 9.53 Å². The fraction of sp³-hybridized carbons (Fsp3) is 0.458. The number of carbonyl (C=O) groups excluding carboxylic acids is 1. The number of piperazine rings is 1. The molecular formula is C24H30N4O2. The fourth-order valence-corrected chi connectivity index (χ4v) is 5.12. The van der Waals surface area contributed by atoms with Crippen LogP contribution in [-0.4, -0.2) is 62.6 Å². The maximum absolute atomic E-state index is 13.1. The number of carbonyl (C=O) groups is 1. The van der Waals surface area contributed by atoms with Crippen LogP contribution in [-0.2, 0) is 0 Å². The summed E-state index contributed by atoms with van der Waals surface area (Å²) in [5.74, 6) is 1.49. The molecule has 2 N–H and O–H groups in total. The van der Waals surface area contributed by atoms with Gasteiger partial charge < -0.3 is 25.2 Å². The summed E-state index contributed by atoms with van der Waals surface area (Å²) >= 11 is 0. The number of likely N-dealkylation sites (N-methyl/N-ethyl adjacent to an activating group) is 1. The molecule has 30 heavy (non-hydrogen) atoms. The van der Waals surface area contributed by atoms with Gasteiger partial charge in [0.25, 0.3) is 5.91 Å². The third-order valence-corrected chi connectivity index (χ3v) is 6.91. The Morgan fingerprint density at radius 1 is 1.03 bits per heavy atom. The lowest BCUT2D eigenvalue weighted by atomic mass is 9.80. The SMILES string of the molecule is COc1ccc(C2Nc3ccc(C(=O)N4CCN(C)CC4)cc3[C@H]3NCC[C@@H]23)cc1. The number of fused-ring (bicyclic) bond motifs is 3. The highest BCUT2D eigenvalue weighted by Gasteiger charge is 2.40. The van der Waals surface area contributed by atoms with Gasteiger partial charge in [0.2, 0.25) is 0 Å². The van der Waals surface area contributed by atoms with Crippen molar-refractivity contribution >= 4 is 11.6 Å². The van der Waals surface area contributed by atoms with Gasteiger partial charge in [0.15, 0.2) is 0 Å². The van der Waals surface area contributed by atoms with Crippen LogP contribution in [0.3, 0.4) is 0 Å². The van der Waals surface area contributed by atoms with E-state index in [9.17, 15) is 4.79 Å². The zero-order chi connectivity index (χ0) is 20.7. The summed E-state index contributed by atoms with van der Waals surface area (Å²) < 4.78 is 5.32. The van der Waals surface area contributed by atoms with E-state index in [1.807, 2.05) is 23.1 Å². The van der Waals surface area contributed by atoms with Crippen LogP contribution in [0.15, 0.2) is 42.5 Å². The topological polar surface area (TPSA) is 56.8 Å². The molecule has 0 bridgehead atoms. The van der Waals surface area contributed by atoms with E-state index in [0.29, 0.717) is 5.92 Å². The lowest BCUT2D eigenvalue weighted by Crippen LogP contribution is -2.47. The van der Waals surface area contributed by atoms with Crippen molar-refractivity contribution in [1.29, 1.82) is 0 Å². The van der Waals surface area contributed by atoms with Gasteiger partial charge in [-0.3, -0.25) is 4.79 Å². The third-order valence-electron chi connectivity index (χ3n) is 6.91. The lowest BCUT2D eigenvalue weighted by molar-refractivity contribution is 0.0664. The monoisotopic (exact) mass is 406 g/mol. The number of amides is 1. The predicted octanol–water partition coefficient (Wildman–Crippen LogP) is 2.90. The molecule has 2 aromatic carbocycles. The van der Waals surface area contributed by atoms with Gasteiger partial charge in [0.05, 0.1) is 13.2 Å². The highest BCUT2D eigenvalue weighted by atomic mass is 16.5. The molecule has 1 amide bonds. The zero-order valence-corrected chi connectivity index (χ0v) is 17.7. The number of benzene rings is 2. The number of anilines is 1. The van der Waals surface area contributed by atoms with Crippen LogP contribution in [0.4, 0.5) is 5.69 Å². The van der Waals surface area contributed by atoms with E-state index in [4.69, 9.17) is 4.74 Å². The second-order valence-electron chi connectivity index (χ2n) is 8.68. The summed E-state index contributed by atoms with van der Waals surface area (Å²) in [6.45, 7) is 4.48. The van der Waals surface area contributed by atoms with Gasteiger partial charge in [-0.25, -0.2) is 0 Å². The molecular weight excluding hydrogens is 376 g/mol. The number of nitrogens with one attached hydrogen (secondary N) is 2. The van der Waals surface area contributed by atoms with Gasteiger partial charge in [0, 0.05) is 49.4 Å². The minimum Gasteiger partial charge on any atom is -0.497 e. The first kappa shape index (κ1) is 19.4. The molecule has 158 valence electrons. The quantitative estimate of drug-likeness (QED) is 0.821. The highest BCUT2D eigenvalue weighted by molar-refractivity contribution is 5.95. The molecule has 0 saturated carbocycles. The van der Waals surface area contributed by atoms with E-state index < -0.39 is 0 Å². The van der Waals surface area contributed by atoms with E-state index in [1.54, 1.807) is 7.11 Å². The largest absolute Gasteiger partial charge is 0.497 e. The molecule has 2 aromatic rings. The summed E-state index contributed by atoms with van der Waals surface area (Å²) in [7, 11) is 3.81. The van der Waals surface area contributed by atoms with E-state index >= 15 is 0 Å². The smallest absolute Gasteiger partial charge is 0.253 e. The normalized spacial score (nSPS) is 25.9. The molecule has 5 rings (SSSR count). The second kappa shape index (κ2) is 7.93. The predicted molar refractivity (Wildman–Crippen MR) is 118 cm³/mol. The molecule has 3 aliphatic rings. The maximum Gasteiger partial charge on any atom is 0.253 e. The van der Waals surface area contributed by atoms with E-state index in [0.717, 1.165) is 56.1 Å². The Hall–Kier alpha value is -2.57. The molecule has 1 unspecified atom stereocenters. The second-order valence-corrected chi connectivity index (χ2v) is 8.68. The summed E-state index contributed by atoms with van der Waals surface area (Å²) in [5, 5.41) is 7.45. The Labute approximate surface area is 178 Å². The summed E-state index contributed by atoms with van der Waals surface area (Å²) in [5.41, 5.74) is 4.43. The van der Waals surface area contributed by atoms with Crippen molar-refractivity contribution in [2.45, 2.75) is 18.5 Å². The Bertz CT molecular complexity index is 921. The van der Waals surface area contributed by atoms with Crippen molar-refractivity contribution in [2.75, 3.05) is 52.2 Å². The highest BCUT2D eigenvalue weighted by Crippen LogP contribution is 2.47. The average molecular weight is 407 g/mol. The van der Waals surface area contributed by atoms with Crippen molar-refractivity contribution in [1.82, 2.24) is 15.1 Å². The molecule has 6 nitrogen and oxygen atoms in total. The van der Waals surface area contributed by atoms with E-state index in [2.05, 4.69) is 46.8 Å². The third kappa shape index (κ3) is 3.44. The van der Waals surface area contributed by atoms with Gasteiger partial charge in [0.1, 0.15) is 5.75 Å². The maximum atomic E-state index is 13.1. The van der Waals surface area contributed by atoms with Gasteiger partial charge in [-0.15, -0.1) is 0 Å². The Kier molecular flexibility index (Phi) is 5.13. The van der Waals surface area contributed by atoms with Crippen molar-refractivity contribution in [3.05, 3.63) is 59.2 Å². The van der Waals surface area contributed by atoms with Crippen LogP contribution >= 0.6 is 0 Å². The summed E-state index contributed by atoms with van der Waals surface area (Å²) in [6.07, 6.45) is 1.12. The zero-order valence-electron chi connectivity index (χ0n) is 17.7. The molecule has 0 radical (unpaired) electrons. The molecule has 3 heterocycles. The molecule has 0 aromatic heterocycles.